The van der Waals surface area contributed by atoms with Gasteiger partial charge in [0.05, 0.1) is 18.6 Å². The Hall–Kier alpha value is -2.58. The molecule has 156 valence electrons. The first-order valence-corrected chi connectivity index (χ1v) is 11.0. The molecule has 0 radical (unpaired) electrons. The highest BCUT2D eigenvalue weighted by Crippen LogP contribution is 2.30. The second-order valence-corrected chi connectivity index (χ2v) is 8.57. The molecule has 29 heavy (non-hydrogen) atoms. The van der Waals surface area contributed by atoms with Gasteiger partial charge >= 0.3 is 0 Å². The van der Waals surface area contributed by atoms with Gasteiger partial charge in [-0.05, 0) is 61.2 Å². The molecular formula is C21H26N2O5S. The Bertz CT molecular complexity index is 1000. The quantitative estimate of drug-likeness (QED) is 0.747. The van der Waals surface area contributed by atoms with E-state index in [2.05, 4.69) is 4.72 Å². The number of ether oxygens (including phenoxy) is 2. The summed E-state index contributed by atoms with van der Waals surface area (Å²) in [5, 5.41) is 0. The van der Waals surface area contributed by atoms with Crippen molar-refractivity contribution in [1.82, 2.24) is 4.72 Å². The van der Waals surface area contributed by atoms with Crippen molar-refractivity contribution in [3.05, 3.63) is 47.5 Å². The minimum atomic E-state index is -3.70. The number of nitrogens with zero attached hydrogens (tertiary/aromatic N) is 1. The third-order valence-corrected chi connectivity index (χ3v) is 6.25. The van der Waals surface area contributed by atoms with Crippen LogP contribution in [0.1, 0.15) is 31.4 Å². The number of anilines is 1. The van der Waals surface area contributed by atoms with Crippen LogP contribution < -0.4 is 19.1 Å². The van der Waals surface area contributed by atoms with E-state index in [1.165, 1.54) is 6.92 Å². The minimum absolute atomic E-state index is 0.0377. The summed E-state index contributed by atoms with van der Waals surface area (Å²) in [6, 6.07) is 10.2. The average Bonchev–Trinajstić information content (AvgIpc) is 2.71. The number of fused-ring (bicyclic) bond motifs is 1. The smallest absolute Gasteiger partial charge is 0.240 e. The maximum absolute atomic E-state index is 12.8. The number of rotatable bonds is 7. The summed E-state index contributed by atoms with van der Waals surface area (Å²) in [6.45, 7) is 4.66. The molecule has 0 fully saturated rings. The summed E-state index contributed by atoms with van der Waals surface area (Å²) in [4.78, 5) is 13.7. The Labute approximate surface area is 171 Å². The molecule has 1 aliphatic heterocycles. The summed E-state index contributed by atoms with van der Waals surface area (Å²) >= 11 is 0. The molecule has 0 spiro atoms. The van der Waals surface area contributed by atoms with Crippen LogP contribution in [0.15, 0.2) is 41.3 Å². The second kappa shape index (κ2) is 8.84. The van der Waals surface area contributed by atoms with Gasteiger partial charge in [0, 0.05) is 25.7 Å². The number of methoxy groups -OCH3 is 1. The Morgan fingerprint density at radius 3 is 2.66 bits per heavy atom. The molecule has 0 saturated carbocycles. The van der Waals surface area contributed by atoms with E-state index in [1.807, 2.05) is 6.92 Å². The SMILES string of the molecule is CCOc1cc(CNS(=O)(=O)c2ccc3c(c2)CCCN3C(C)=O)ccc1OC. The van der Waals surface area contributed by atoms with Gasteiger partial charge < -0.3 is 14.4 Å². The van der Waals surface area contributed by atoms with Gasteiger partial charge in [0.2, 0.25) is 15.9 Å². The van der Waals surface area contributed by atoms with Crippen molar-refractivity contribution in [1.29, 1.82) is 0 Å². The van der Waals surface area contributed by atoms with Gasteiger partial charge in [-0.3, -0.25) is 4.79 Å². The van der Waals surface area contributed by atoms with E-state index in [1.54, 1.807) is 48.4 Å². The lowest BCUT2D eigenvalue weighted by molar-refractivity contribution is -0.116. The fraction of sp³-hybridized carbons (Fsp3) is 0.381. The molecule has 3 rings (SSSR count). The lowest BCUT2D eigenvalue weighted by atomic mass is 10.0. The molecule has 1 N–H and O–H groups in total. The molecule has 1 amide bonds. The predicted molar refractivity (Wildman–Crippen MR) is 111 cm³/mol. The van der Waals surface area contributed by atoms with Crippen molar-refractivity contribution in [2.45, 2.75) is 38.1 Å². The second-order valence-electron chi connectivity index (χ2n) is 6.81. The Kier molecular flexibility index (Phi) is 6.44. The van der Waals surface area contributed by atoms with Crippen LogP contribution in [0.2, 0.25) is 0 Å². The zero-order valence-corrected chi connectivity index (χ0v) is 17.7. The molecule has 2 aromatic carbocycles. The highest BCUT2D eigenvalue weighted by atomic mass is 32.2. The van der Waals surface area contributed by atoms with Gasteiger partial charge in [-0.1, -0.05) is 6.07 Å². The van der Waals surface area contributed by atoms with Gasteiger partial charge in [-0.15, -0.1) is 0 Å². The number of hydrogen-bond donors (Lipinski definition) is 1. The number of sulfonamides is 1. The number of hydrogen-bond acceptors (Lipinski definition) is 5. The van der Waals surface area contributed by atoms with Crippen LogP contribution in [0.3, 0.4) is 0 Å². The number of aryl methyl sites for hydroxylation is 1. The number of carbonyl (C=O) groups is 1. The van der Waals surface area contributed by atoms with Gasteiger partial charge in [-0.2, -0.15) is 0 Å². The minimum Gasteiger partial charge on any atom is -0.493 e. The van der Waals surface area contributed by atoms with Crippen LogP contribution in [0, 0.1) is 0 Å². The maximum Gasteiger partial charge on any atom is 0.240 e. The van der Waals surface area contributed by atoms with Crippen LogP contribution in [-0.2, 0) is 27.8 Å². The van der Waals surface area contributed by atoms with Gasteiger partial charge in [-0.25, -0.2) is 13.1 Å². The fourth-order valence-corrected chi connectivity index (χ4v) is 4.50. The van der Waals surface area contributed by atoms with Crippen LogP contribution >= 0.6 is 0 Å². The van der Waals surface area contributed by atoms with E-state index < -0.39 is 10.0 Å². The van der Waals surface area contributed by atoms with E-state index in [-0.39, 0.29) is 17.3 Å². The van der Waals surface area contributed by atoms with Gasteiger partial charge in [0.25, 0.3) is 0 Å². The molecule has 0 unspecified atom stereocenters. The molecule has 0 aromatic heterocycles. The van der Waals surface area contributed by atoms with Crippen LogP contribution in [0.25, 0.3) is 0 Å². The van der Waals surface area contributed by atoms with Crippen molar-refractivity contribution in [2.75, 3.05) is 25.2 Å². The molecule has 0 atom stereocenters. The number of nitrogens with one attached hydrogen (secondary N) is 1. The van der Waals surface area contributed by atoms with Crippen LogP contribution in [-0.4, -0.2) is 34.6 Å². The van der Waals surface area contributed by atoms with Gasteiger partial charge in [0.1, 0.15) is 0 Å². The van der Waals surface area contributed by atoms with E-state index in [0.29, 0.717) is 24.7 Å². The van der Waals surface area contributed by atoms with E-state index in [0.717, 1.165) is 29.7 Å². The topological polar surface area (TPSA) is 84.9 Å². The highest BCUT2D eigenvalue weighted by molar-refractivity contribution is 7.89. The third kappa shape index (κ3) is 4.71. The molecule has 1 aliphatic rings. The zero-order chi connectivity index (χ0) is 21.0. The summed E-state index contributed by atoms with van der Waals surface area (Å²) in [6.07, 6.45) is 1.56. The predicted octanol–water partition coefficient (Wildman–Crippen LogP) is 2.87. The first kappa shape index (κ1) is 21.1. The third-order valence-electron chi connectivity index (χ3n) is 4.85. The fourth-order valence-electron chi connectivity index (χ4n) is 3.43. The molecule has 0 bridgehead atoms. The lowest BCUT2D eigenvalue weighted by Crippen LogP contribution is -2.33. The van der Waals surface area contributed by atoms with E-state index >= 15 is 0 Å². The molecule has 0 saturated heterocycles. The van der Waals surface area contributed by atoms with Crippen molar-refractivity contribution >= 4 is 21.6 Å². The largest absolute Gasteiger partial charge is 0.493 e. The first-order valence-electron chi connectivity index (χ1n) is 9.56. The monoisotopic (exact) mass is 418 g/mol. The highest BCUT2D eigenvalue weighted by Gasteiger charge is 2.23. The Balaban J connectivity index is 1.78. The first-order chi connectivity index (χ1) is 13.9. The number of carbonyl (C=O) groups excluding carboxylic acids is 1. The summed E-state index contributed by atoms with van der Waals surface area (Å²) in [5.74, 6) is 1.14. The summed E-state index contributed by atoms with van der Waals surface area (Å²) in [7, 11) is -2.14. The van der Waals surface area contributed by atoms with Crippen molar-refractivity contribution in [3.63, 3.8) is 0 Å². The average molecular weight is 419 g/mol. The molecule has 0 aliphatic carbocycles. The number of benzene rings is 2. The van der Waals surface area contributed by atoms with E-state index in [9.17, 15) is 13.2 Å². The molecular weight excluding hydrogens is 392 g/mol. The lowest BCUT2D eigenvalue weighted by Gasteiger charge is -2.28. The normalized spacial score (nSPS) is 13.7. The molecule has 1 heterocycles. The van der Waals surface area contributed by atoms with Crippen molar-refractivity contribution < 1.29 is 22.7 Å². The van der Waals surface area contributed by atoms with Crippen LogP contribution in [0.5, 0.6) is 11.5 Å². The zero-order valence-electron chi connectivity index (χ0n) is 16.9. The molecule has 7 nitrogen and oxygen atoms in total. The molecule has 2 aromatic rings. The van der Waals surface area contributed by atoms with E-state index in [4.69, 9.17) is 9.47 Å². The van der Waals surface area contributed by atoms with Crippen LogP contribution in [0.4, 0.5) is 5.69 Å². The van der Waals surface area contributed by atoms with Crippen molar-refractivity contribution in [3.8, 4) is 11.5 Å². The molecule has 8 heteroatoms. The summed E-state index contributed by atoms with van der Waals surface area (Å²) < 4.78 is 39.0. The Morgan fingerprint density at radius 1 is 1.17 bits per heavy atom. The number of amides is 1. The van der Waals surface area contributed by atoms with Crippen molar-refractivity contribution in [2.24, 2.45) is 0 Å². The standard InChI is InChI=1S/C21H26N2O5S/c1-4-28-21-12-16(7-10-20(21)27-3)14-22-29(25,26)18-8-9-19-17(13-18)6-5-11-23(19)15(2)24/h7-10,12-13,22H,4-6,11,14H2,1-3H3. The van der Waals surface area contributed by atoms with Gasteiger partial charge in [0.15, 0.2) is 11.5 Å². The Morgan fingerprint density at radius 2 is 1.97 bits per heavy atom. The maximum atomic E-state index is 12.8. The summed E-state index contributed by atoms with van der Waals surface area (Å²) in [5.41, 5.74) is 2.43.